The number of carbonyl (C=O) groups excluding carboxylic acids is 2. The predicted octanol–water partition coefficient (Wildman–Crippen LogP) is -1.11. The minimum absolute atomic E-state index is 0.176. The van der Waals surface area contributed by atoms with Crippen molar-refractivity contribution in [3.8, 4) is 0 Å². The highest BCUT2D eigenvalue weighted by Gasteiger charge is 2.18. The van der Waals surface area contributed by atoms with E-state index in [4.69, 9.17) is 15.9 Å². The van der Waals surface area contributed by atoms with Gasteiger partial charge in [-0.25, -0.2) is 14.4 Å². The molecule has 0 fully saturated rings. The van der Waals surface area contributed by atoms with Gasteiger partial charge in [-0.15, -0.1) is 0 Å². The second-order valence-corrected chi connectivity index (χ2v) is 2.95. The summed E-state index contributed by atoms with van der Waals surface area (Å²) < 4.78 is 4.15. The SMILES string of the molecule is N[C@H](CCC(=O)O)C(=O)OC(=O)/C=C/C(=O)O. The summed E-state index contributed by atoms with van der Waals surface area (Å²) in [7, 11) is 0. The fraction of sp³-hybridized carbons (Fsp3) is 0.333. The highest BCUT2D eigenvalue weighted by Crippen LogP contribution is 1.98. The Balaban J connectivity index is 4.11. The largest absolute Gasteiger partial charge is 0.481 e. The Morgan fingerprint density at radius 3 is 2.24 bits per heavy atom. The molecule has 0 rings (SSSR count). The summed E-state index contributed by atoms with van der Waals surface area (Å²) in [6, 6.07) is -1.24. The molecule has 8 heteroatoms. The number of carboxylic acids is 2. The third kappa shape index (κ3) is 7.68. The molecule has 0 aliphatic rings. The molecule has 0 aromatic carbocycles. The van der Waals surface area contributed by atoms with Crippen molar-refractivity contribution in [1.82, 2.24) is 0 Å². The smallest absolute Gasteiger partial charge is 0.338 e. The zero-order chi connectivity index (χ0) is 13.4. The molecule has 0 heterocycles. The standard InChI is InChI=1S/C9H11NO7/c10-5(1-2-6(11)12)9(16)17-8(15)4-3-7(13)14/h3-5H,1-2,10H2,(H,11,12)(H,13,14)/b4-3+/t5-/m1/s1. The molecule has 0 spiro atoms. The summed E-state index contributed by atoms with van der Waals surface area (Å²) in [4.78, 5) is 42.1. The van der Waals surface area contributed by atoms with E-state index in [-0.39, 0.29) is 12.8 Å². The van der Waals surface area contributed by atoms with Crippen molar-refractivity contribution in [2.24, 2.45) is 5.73 Å². The van der Waals surface area contributed by atoms with E-state index in [1.54, 1.807) is 0 Å². The Bertz CT molecular complexity index is 360. The molecule has 0 aliphatic heterocycles. The van der Waals surface area contributed by atoms with Gasteiger partial charge in [-0.1, -0.05) is 0 Å². The number of carbonyl (C=O) groups is 4. The summed E-state index contributed by atoms with van der Waals surface area (Å²) in [6.07, 6.45) is 0.530. The van der Waals surface area contributed by atoms with E-state index in [9.17, 15) is 19.2 Å². The van der Waals surface area contributed by atoms with Gasteiger partial charge in [0.25, 0.3) is 0 Å². The number of rotatable bonds is 6. The van der Waals surface area contributed by atoms with Crippen molar-refractivity contribution in [3.05, 3.63) is 12.2 Å². The lowest BCUT2D eigenvalue weighted by molar-refractivity contribution is -0.157. The lowest BCUT2D eigenvalue weighted by atomic mass is 10.2. The molecule has 0 amide bonds. The number of esters is 2. The molecule has 0 radical (unpaired) electrons. The molecule has 0 saturated heterocycles. The molecule has 1 atom stereocenters. The van der Waals surface area contributed by atoms with Gasteiger partial charge in [-0.05, 0) is 6.42 Å². The fourth-order valence-corrected chi connectivity index (χ4v) is 0.745. The van der Waals surface area contributed by atoms with Gasteiger partial charge in [0.2, 0.25) is 0 Å². The van der Waals surface area contributed by atoms with E-state index in [1.807, 2.05) is 0 Å². The van der Waals surface area contributed by atoms with Crippen molar-refractivity contribution in [3.63, 3.8) is 0 Å². The van der Waals surface area contributed by atoms with Crippen LogP contribution >= 0.6 is 0 Å². The number of nitrogens with two attached hydrogens (primary N) is 1. The van der Waals surface area contributed by atoms with Crippen molar-refractivity contribution in [2.45, 2.75) is 18.9 Å². The normalized spacial score (nSPS) is 12.1. The molecule has 17 heavy (non-hydrogen) atoms. The quantitative estimate of drug-likeness (QED) is 0.303. The van der Waals surface area contributed by atoms with Gasteiger partial charge in [0.15, 0.2) is 0 Å². The van der Waals surface area contributed by atoms with E-state index in [0.717, 1.165) is 0 Å². The van der Waals surface area contributed by atoms with Gasteiger partial charge >= 0.3 is 23.9 Å². The first-order valence-electron chi connectivity index (χ1n) is 4.47. The average molecular weight is 245 g/mol. The predicted molar refractivity (Wildman–Crippen MR) is 52.7 cm³/mol. The molecule has 4 N–H and O–H groups in total. The van der Waals surface area contributed by atoms with Crippen LogP contribution in [0.25, 0.3) is 0 Å². The average Bonchev–Trinajstić information content (AvgIpc) is 2.22. The van der Waals surface area contributed by atoms with Gasteiger partial charge in [-0.2, -0.15) is 0 Å². The monoisotopic (exact) mass is 245 g/mol. The van der Waals surface area contributed by atoms with Crippen molar-refractivity contribution < 1.29 is 34.1 Å². The highest BCUT2D eigenvalue weighted by molar-refractivity contribution is 5.97. The van der Waals surface area contributed by atoms with Crippen LogP contribution in [0.5, 0.6) is 0 Å². The Hall–Kier alpha value is -2.22. The van der Waals surface area contributed by atoms with Crippen LogP contribution in [0.2, 0.25) is 0 Å². The summed E-state index contributed by atoms with van der Waals surface area (Å²) in [5.41, 5.74) is 5.24. The molecule has 0 aromatic rings. The number of aliphatic carboxylic acids is 2. The third-order valence-electron chi connectivity index (χ3n) is 1.54. The lowest BCUT2D eigenvalue weighted by Gasteiger charge is -2.07. The molecule has 0 bridgehead atoms. The first kappa shape index (κ1) is 14.8. The van der Waals surface area contributed by atoms with Crippen LogP contribution in [0.3, 0.4) is 0 Å². The van der Waals surface area contributed by atoms with Gasteiger partial charge in [0.05, 0.1) is 0 Å². The molecule has 0 saturated carbocycles. The van der Waals surface area contributed by atoms with Crippen LogP contribution in [-0.2, 0) is 23.9 Å². The van der Waals surface area contributed by atoms with Crippen molar-refractivity contribution >= 4 is 23.9 Å². The van der Waals surface area contributed by atoms with E-state index in [2.05, 4.69) is 4.74 Å². The minimum atomic E-state index is -1.37. The van der Waals surface area contributed by atoms with Crippen LogP contribution in [0.4, 0.5) is 0 Å². The van der Waals surface area contributed by atoms with Gasteiger partial charge in [-0.3, -0.25) is 4.79 Å². The summed E-state index contributed by atoms with van der Waals surface area (Å²) >= 11 is 0. The number of carboxylic acid groups (broad SMARTS) is 2. The second-order valence-electron chi connectivity index (χ2n) is 2.95. The van der Waals surface area contributed by atoms with Crippen molar-refractivity contribution in [1.29, 1.82) is 0 Å². The summed E-state index contributed by atoms with van der Waals surface area (Å²) in [5, 5.41) is 16.5. The number of hydrogen-bond donors (Lipinski definition) is 3. The zero-order valence-electron chi connectivity index (χ0n) is 8.66. The summed E-state index contributed by atoms with van der Waals surface area (Å²) in [5.74, 6) is -4.79. The van der Waals surface area contributed by atoms with Crippen LogP contribution in [0.15, 0.2) is 12.2 Å². The van der Waals surface area contributed by atoms with E-state index in [1.165, 1.54) is 0 Å². The Kier molecular flexibility index (Phi) is 6.19. The second kappa shape index (κ2) is 7.12. The zero-order valence-corrected chi connectivity index (χ0v) is 8.66. The maximum Gasteiger partial charge on any atom is 0.338 e. The lowest BCUT2D eigenvalue weighted by Crippen LogP contribution is -2.34. The van der Waals surface area contributed by atoms with E-state index < -0.39 is 29.9 Å². The van der Waals surface area contributed by atoms with Crippen LogP contribution in [0, 0.1) is 0 Å². The molecule has 0 aromatic heterocycles. The topological polar surface area (TPSA) is 144 Å². The first-order valence-corrected chi connectivity index (χ1v) is 4.47. The van der Waals surface area contributed by atoms with Gasteiger partial charge in [0, 0.05) is 18.6 Å². The van der Waals surface area contributed by atoms with Crippen LogP contribution in [-0.4, -0.2) is 40.1 Å². The maximum atomic E-state index is 11.1. The highest BCUT2D eigenvalue weighted by atomic mass is 16.6. The number of ether oxygens (including phenoxy) is 1. The van der Waals surface area contributed by atoms with E-state index in [0.29, 0.717) is 12.2 Å². The maximum absolute atomic E-state index is 11.1. The molecule has 94 valence electrons. The summed E-state index contributed by atoms with van der Waals surface area (Å²) in [6.45, 7) is 0. The molecule has 0 aliphatic carbocycles. The molecule has 0 unspecified atom stereocenters. The Morgan fingerprint density at radius 1 is 1.18 bits per heavy atom. The third-order valence-corrected chi connectivity index (χ3v) is 1.54. The number of hydrogen-bond acceptors (Lipinski definition) is 6. The fourth-order valence-electron chi connectivity index (χ4n) is 0.745. The first-order chi connectivity index (χ1) is 7.82. The molecular weight excluding hydrogens is 234 g/mol. The van der Waals surface area contributed by atoms with Gasteiger partial charge in [0.1, 0.15) is 6.04 Å². The van der Waals surface area contributed by atoms with Crippen LogP contribution < -0.4 is 5.73 Å². The van der Waals surface area contributed by atoms with Crippen molar-refractivity contribution in [2.75, 3.05) is 0 Å². The Morgan fingerprint density at radius 2 is 1.76 bits per heavy atom. The molecule has 8 nitrogen and oxygen atoms in total. The minimum Gasteiger partial charge on any atom is -0.481 e. The van der Waals surface area contributed by atoms with Crippen LogP contribution in [0.1, 0.15) is 12.8 Å². The Labute approximate surface area is 95.7 Å². The molecular formula is C9H11NO7. The van der Waals surface area contributed by atoms with Gasteiger partial charge < -0.3 is 20.7 Å². The van der Waals surface area contributed by atoms with E-state index >= 15 is 0 Å².